The van der Waals surface area contributed by atoms with Crippen LogP contribution in [0.1, 0.15) is 22.5 Å². The second kappa shape index (κ2) is 5.15. The third-order valence-electron chi connectivity index (χ3n) is 3.60. The first kappa shape index (κ1) is 12.4. The van der Waals surface area contributed by atoms with Gasteiger partial charge in [0.05, 0.1) is 13.2 Å². The average Bonchev–Trinajstić information content (AvgIpc) is 2.75. The van der Waals surface area contributed by atoms with Crippen LogP contribution in [0.3, 0.4) is 0 Å². The number of carbonyl (C=O) groups is 1. The maximum atomic E-state index is 12.5. The lowest BCUT2D eigenvalue weighted by atomic mass is 10.0. The van der Waals surface area contributed by atoms with Gasteiger partial charge in [-0.2, -0.15) is 0 Å². The molecule has 0 spiro atoms. The molecule has 1 aliphatic rings. The first-order valence-electron chi connectivity index (χ1n) is 6.67. The topological polar surface area (TPSA) is 54.1 Å². The molecule has 4 heteroatoms. The van der Waals surface area contributed by atoms with E-state index in [9.17, 15) is 4.79 Å². The van der Waals surface area contributed by atoms with Crippen LogP contribution in [0.5, 0.6) is 0 Å². The SMILES string of the molecule is Cc1[nH]c2ccccc2c1C(=O)CC1COCCN1. The number of H-pyrrole nitrogens is 1. The van der Waals surface area contributed by atoms with Crippen molar-refractivity contribution in [3.8, 4) is 0 Å². The van der Waals surface area contributed by atoms with E-state index in [1.54, 1.807) is 0 Å². The molecule has 3 rings (SSSR count). The van der Waals surface area contributed by atoms with Gasteiger partial charge in [-0.3, -0.25) is 4.79 Å². The number of para-hydroxylation sites is 1. The van der Waals surface area contributed by atoms with Gasteiger partial charge in [0.15, 0.2) is 5.78 Å². The minimum absolute atomic E-state index is 0.134. The van der Waals surface area contributed by atoms with Crippen molar-refractivity contribution in [1.82, 2.24) is 10.3 Å². The number of carbonyl (C=O) groups excluding carboxylic acids is 1. The zero-order chi connectivity index (χ0) is 13.2. The fourth-order valence-electron chi connectivity index (χ4n) is 2.71. The number of benzene rings is 1. The highest BCUT2D eigenvalue weighted by Crippen LogP contribution is 2.23. The Morgan fingerprint density at radius 1 is 1.42 bits per heavy atom. The molecule has 19 heavy (non-hydrogen) atoms. The summed E-state index contributed by atoms with van der Waals surface area (Å²) >= 11 is 0. The fourth-order valence-corrected chi connectivity index (χ4v) is 2.71. The molecule has 2 N–H and O–H groups in total. The highest BCUT2D eigenvalue weighted by Gasteiger charge is 2.21. The average molecular weight is 258 g/mol. The zero-order valence-electron chi connectivity index (χ0n) is 11.0. The number of aryl methyl sites for hydroxylation is 1. The number of hydrogen-bond donors (Lipinski definition) is 2. The normalized spacial score (nSPS) is 19.7. The molecule has 1 unspecified atom stereocenters. The van der Waals surface area contributed by atoms with Crippen LogP contribution in [0.25, 0.3) is 10.9 Å². The number of nitrogens with one attached hydrogen (secondary N) is 2. The highest BCUT2D eigenvalue weighted by atomic mass is 16.5. The summed E-state index contributed by atoms with van der Waals surface area (Å²) < 4.78 is 5.40. The maximum Gasteiger partial charge on any atom is 0.166 e. The van der Waals surface area contributed by atoms with Gasteiger partial charge >= 0.3 is 0 Å². The van der Waals surface area contributed by atoms with E-state index in [2.05, 4.69) is 10.3 Å². The minimum atomic E-state index is 0.134. The van der Waals surface area contributed by atoms with E-state index in [-0.39, 0.29) is 11.8 Å². The van der Waals surface area contributed by atoms with Gasteiger partial charge in [-0.05, 0) is 13.0 Å². The third kappa shape index (κ3) is 2.41. The zero-order valence-corrected chi connectivity index (χ0v) is 11.0. The second-order valence-corrected chi connectivity index (χ2v) is 5.02. The Balaban J connectivity index is 1.86. The molecule has 1 saturated heterocycles. The van der Waals surface area contributed by atoms with Gasteiger partial charge in [0.2, 0.25) is 0 Å². The Hall–Kier alpha value is -1.65. The van der Waals surface area contributed by atoms with Gasteiger partial charge in [0.25, 0.3) is 0 Å². The number of morpholine rings is 1. The van der Waals surface area contributed by atoms with Crippen molar-refractivity contribution in [2.45, 2.75) is 19.4 Å². The summed E-state index contributed by atoms with van der Waals surface area (Å²) in [6, 6.07) is 8.07. The van der Waals surface area contributed by atoms with Crippen LogP contribution in [0.4, 0.5) is 0 Å². The summed E-state index contributed by atoms with van der Waals surface area (Å²) in [4.78, 5) is 15.8. The molecule has 0 saturated carbocycles. The Morgan fingerprint density at radius 3 is 3.05 bits per heavy atom. The van der Waals surface area contributed by atoms with Gasteiger partial charge in [0, 0.05) is 41.2 Å². The quantitative estimate of drug-likeness (QED) is 0.828. The van der Waals surface area contributed by atoms with E-state index in [0.717, 1.165) is 35.3 Å². The van der Waals surface area contributed by atoms with Crippen molar-refractivity contribution in [3.63, 3.8) is 0 Å². The van der Waals surface area contributed by atoms with Gasteiger partial charge in [-0.25, -0.2) is 0 Å². The molecule has 100 valence electrons. The molecule has 2 aromatic rings. The lowest BCUT2D eigenvalue weighted by Gasteiger charge is -2.23. The third-order valence-corrected chi connectivity index (χ3v) is 3.60. The molecule has 1 aliphatic heterocycles. The molecule has 1 fully saturated rings. The van der Waals surface area contributed by atoms with Gasteiger partial charge in [-0.15, -0.1) is 0 Å². The largest absolute Gasteiger partial charge is 0.378 e. The van der Waals surface area contributed by atoms with Crippen LogP contribution in [-0.4, -0.2) is 36.6 Å². The number of rotatable bonds is 3. The number of aromatic amines is 1. The van der Waals surface area contributed by atoms with Crippen molar-refractivity contribution < 1.29 is 9.53 Å². The van der Waals surface area contributed by atoms with E-state index < -0.39 is 0 Å². The minimum Gasteiger partial charge on any atom is -0.378 e. The standard InChI is InChI=1S/C15H18N2O2/c1-10-15(12-4-2-3-5-13(12)17-10)14(18)8-11-9-19-7-6-16-11/h2-5,11,16-17H,6-9H2,1H3. The smallest absolute Gasteiger partial charge is 0.166 e. The fraction of sp³-hybridized carbons (Fsp3) is 0.400. The summed E-state index contributed by atoms with van der Waals surface area (Å²) in [5.74, 6) is 0.179. The molecule has 4 nitrogen and oxygen atoms in total. The summed E-state index contributed by atoms with van der Waals surface area (Å²) in [7, 11) is 0. The van der Waals surface area contributed by atoms with Gasteiger partial charge in [-0.1, -0.05) is 18.2 Å². The molecule has 0 amide bonds. The van der Waals surface area contributed by atoms with E-state index in [1.807, 2.05) is 31.2 Å². The van der Waals surface area contributed by atoms with Crippen LogP contribution in [-0.2, 0) is 4.74 Å². The van der Waals surface area contributed by atoms with Crippen molar-refractivity contribution in [2.75, 3.05) is 19.8 Å². The van der Waals surface area contributed by atoms with Crippen molar-refractivity contribution in [2.24, 2.45) is 0 Å². The lowest BCUT2D eigenvalue weighted by Crippen LogP contribution is -2.42. The van der Waals surface area contributed by atoms with Crippen LogP contribution >= 0.6 is 0 Å². The molecule has 1 aromatic carbocycles. The molecule has 0 radical (unpaired) electrons. The second-order valence-electron chi connectivity index (χ2n) is 5.02. The molecular weight excluding hydrogens is 240 g/mol. The number of aromatic nitrogens is 1. The molecule has 0 bridgehead atoms. The highest BCUT2D eigenvalue weighted by molar-refractivity contribution is 6.09. The van der Waals surface area contributed by atoms with Crippen LogP contribution in [0.2, 0.25) is 0 Å². The summed E-state index contributed by atoms with van der Waals surface area (Å²) in [6.45, 7) is 4.13. The molecule has 1 atom stereocenters. The van der Waals surface area contributed by atoms with E-state index in [1.165, 1.54) is 0 Å². The number of fused-ring (bicyclic) bond motifs is 1. The summed E-state index contributed by atoms with van der Waals surface area (Å²) in [6.07, 6.45) is 0.489. The van der Waals surface area contributed by atoms with E-state index >= 15 is 0 Å². The predicted molar refractivity (Wildman–Crippen MR) is 74.6 cm³/mol. The first-order chi connectivity index (χ1) is 9.25. The molecule has 0 aliphatic carbocycles. The summed E-state index contributed by atoms with van der Waals surface area (Å²) in [5, 5.41) is 4.34. The van der Waals surface area contributed by atoms with Crippen LogP contribution < -0.4 is 5.32 Å². The molecule has 2 heterocycles. The van der Waals surface area contributed by atoms with Crippen molar-refractivity contribution in [3.05, 3.63) is 35.5 Å². The van der Waals surface area contributed by atoms with E-state index in [0.29, 0.717) is 13.0 Å². The lowest BCUT2D eigenvalue weighted by molar-refractivity contribution is 0.0676. The number of ketones is 1. The number of ether oxygens (including phenoxy) is 1. The molecular formula is C15H18N2O2. The maximum absolute atomic E-state index is 12.5. The Labute approximate surface area is 112 Å². The first-order valence-corrected chi connectivity index (χ1v) is 6.67. The number of Topliss-reactive ketones (excluding diaryl/α,β-unsaturated/α-hetero) is 1. The number of hydrogen-bond acceptors (Lipinski definition) is 3. The van der Waals surface area contributed by atoms with Gasteiger partial charge < -0.3 is 15.0 Å². The predicted octanol–water partition coefficient (Wildman–Crippen LogP) is 2.04. The van der Waals surface area contributed by atoms with Gasteiger partial charge in [0.1, 0.15) is 0 Å². The van der Waals surface area contributed by atoms with Crippen molar-refractivity contribution >= 4 is 16.7 Å². The summed E-state index contributed by atoms with van der Waals surface area (Å²) in [5.41, 5.74) is 2.79. The van der Waals surface area contributed by atoms with Crippen molar-refractivity contribution in [1.29, 1.82) is 0 Å². The Morgan fingerprint density at radius 2 is 2.26 bits per heavy atom. The van der Waals surface area contributed by atoms with E-state index in [4.69, 9.17) is 4.74 Å². The Kier molecular flexibility index (Phi) is 3.36. The monoisotopic (exact) mass is 258 g/mol. The van der Waals surface area contributed by atoms with Crippen LogP contribution in [0, 0.1) is 6.92 Å². The van der Waals surface area contributed by atoms with Crippen LogP contribution in [0.15, 0.2) is 24.3 Å². The Bertz CT molecular complexity index is 597. The molecule has 1 aromatic heterocycles.